The molecule has 0 aliphatic carbocycles. The van der Waals surface area contributed by atoms with Gasteiger partial charge in [-0.2, -0.15) is 0 Å². The number of aryl methyl sites for hydroxylation is 1. The van der Waals surface area contributed by atoms with Gasteiger partial charge in [0.25, 0.3) is 0 Å². The predicted octanol–water partition coefficient (Wildman–Crippen LogP) is 6.42. The molecule has 2 aromatic heterocycles. The second kappa shape index (κ2) is 10.1. The van der Waals surface area contributed by atoms with Crippen LogP contribution in [0.3, 0.4) is 0 Å². The molecule has 0 N–H and O–H groups in total. The second-order valence-electron chi connectivity index (χ2n) is 6.82. The Hall–Kier alpha value is -2.61. The van der Waals surface area contributed by atoms with E-state index in [-0.39, 0.29) is 6.61 Å². The number of ether oxygens (including phenoxy) is 1. The third-order valence-corrected chi connectivity index (χ3v) is 6.75. The molecule has 4 aromatic rings. The number of hydrogen-bond acceptors (Lipinski definition) is 6. The molecule has 0 aliphatic rings. The lowest BCUT2D eigenvalue weighted by molar-refractivity contribution is 0.289. The minimum Gasteiger partial charge on any atom is -0.484 e. The number of rotatable bonds is 9. The Kier molecular flexibility index (Phi) is 7.06. The molecule has 0 saturated heterocycles. The Morgan fingerprint density at radius 1 is 1.16 bits per heavy atom. The van der Waals surface area contributed by atoms with Crippen LogP contribution in [-0.4, -0.2) is 19.7 Å². The van der Waals surface area contributed by atoms with Crippen molar-refractivity contribution in [3.05, 3.63) is 88.7 Å². The number of hydrogen-bond donors (Lipinski definition) is 0. The normalized spacial score (nSPS) is 10.9. The van der Waals surface area contributed by atoms with Gasteiger partial charge in [0.05, 0.1) is 10.7 Å². The van der Waals surface area contributed by atoms with Gasteiger partial charge in [-0.05, 0) is 19.1 Å². The van der Waals surface area contributed by atoms with Gasteiger partial charge in [0.2, 0.25) is 0 Å². The highest BCUT2D eigenvalue weighted by molar-refractivity contribution is 7.98. The molecule has 0 unspecified atom stereocenters. The zero-order valence-corrected chi connectivity index (χ0v) is 19.4. The maximum Gasteiger partial charge on any atom is 0.191 e. The fourth-order valence-electron chi connectivity index (χ4n) is 2.89. The van der Waals surface area contributed by atoms with E-state index in [9.17, 15) is 0 Å². The number of thioether (sulfide) groups is 1. The molecule has 0 fully saturated rings. The average molecular weight is 469 g/mol. The summed E-state index contributed by atoms with van der Waals surface area (Å²) in [5, 5.41) is 13.2. The van der Waals surface area contributed by atoms with Gasteiger partial charge in [-0.1, -0.05) is 71.4 Å². The van der Waals surface area contributed by atoms with E-state index in [0.717, 1.165) is 27.2 Å². The third-order valence-electron chi connectivity index (χ3n) is 4.50. The highest BCUT2D eigenvalue weighted by Gasteiger charge is 2.14. The summed E-state index contributed by atoms with van der Waals surface area (Å²) in [6.45, 7) is 6.81. The van der Waals surface area contributed by atoms with E-state index in [0.29, 0.717) is 23.1 Å². The molecular formula is C23H21ClN4OS2. The van der Waals surface area contributed by atoms with Crippen molar-refractivity contribution in [1.82, 2.24) is 19.7 Å². The number of benzene rings is 2. The van der Waals surface area contributed by atoms with Crippen molar-refractivity contribution in [2.45, 2.75) is 31.0 Å². The SMILES string of the molecule is C=CCn1c(COc2ccccc2Cl)nnc1SCc1csc(-c2ccc(C)cc2)n1. The Labute approximate surface area is 194 Å². The highest BCUT2D eigenvalue weighted by atomic mass is 35.5. The van der Waals surface area contributed by atoms with Crippen molar-refractivity contribution >= 4 is 34.7 Å². The lowest BCUT2D eigenvalue weighted by Gasteiger charge is -2.09. The summed E-state index contributed by atoms with van der Waals surface area (Å²) in [4.78, 5) is 4.77. The largest absolute Gasteiger partial charge is 0.484 e. The van der Waals surface area contributed by atoms with Crippen molar-refractivity contribution in [1.29, 1.82) is 0 Å². The van der Waals surface area contributed by atoms with E-state index in [4.69, 9.17) is 21.3 Å². The molecule has 4 rings (SSSR count). The Bertz CT molecular complexity index is 1170. The summed E-state index contributed by atoms with van der Waals surface area (Å²) in [6, 6.07) is 15.8. The van der Waals surface area contributed by atoms with Gasteiger partial charge in [-0.25, -0.2) is 4.98 Å². The topological polar surface area (TPSA) is 52.8 Å². The average Bonchev–Trinajstić information content (AvgIpc) is 3.40. The molecule has 0 bridgehead atoms. The van der Waals surface area contributed by atoms with Crippen molar-refractivity contribution < 1.29 is 4.74 Å². The molecule has 0 aliphatic heterocycles. The van der Waals surface area contributed by atoms with Crippen LogP contribution >= 0.6 is 34.7 Å². The van der Waals surface area contributed by atoms with Gasteiger partial charge in [0.1, 0.15) is 17.4 Å². The number of allylic oxidation sites excluding steroid dienone is 1. The summed E-state index contributed by atoms with van der Waals surface area (Å²) in [5.41, 5.74) is 3.40. The van der Waals surface area contributed by atoms with Gasteiger partial charge in [-0.3, -0.25) is 4.57 Å². The van der Waals surface area contributed by atoms with Crippen LogP contribution in [0.25, 0.3) is 10.6 Å². The van der Waals surface area contributed by atoms with Crippen LogP contribution in [0.15, 0.2) is 71.7 Å². The Balaban J connectivity index is 1.43. The van der Waals surface area contributed by atoms with Crippen molar-refractivity contribution in [2.24, 2.45) is 0 Å². The molecule has 0 saturated carbocycles. The number of halogens is 1. The smallest absolute Gasteiger partial charge is 0.191 e. The van der Waals surface area contributed by atoms with E-state index in [1.54, 1.807) is 29.2 Å². The first-order valence-electron chi connectivity index (χ1n) is 9.68. The summed E-state index contributed by atoms with van der Waals surface area (Å²) < 4.78 is 7.84. The molecule has 0 atom stereocenters. The zero-order chi connectivity index (χ0) is 21.6. The van der Waals surface area contributed by atoms with Gasteiger partial charge in [0.15, 0.2) is 11.0 Å². The van der Waals surface area contributed by atoms with Gasteiger partial charge < -0.3 is 4.74 Å². The Morgan fingerprint density at radius 3 is 2.74 bits per heavy atom. The van der Waals surface area contributed by atoms with Gasteiger partial charge in [-0.15, -0.1) is 28.1 Å². The standard InChI is InChI=1S/C23H21ClN4OS2/c1-3-12-28-21(13-29-20-7-5-4-6-19(20)24)26-27-23(28)31-15-18-14-30-22(25-18)17-10-8-16(2)9-11-17/h3-11,14H,1,12-13,15H2,2H3. The fraction of sp³-hybridized carbons (Fsp3) is 0.174. The van der Waals surface area contributed by atoms with Gasteiger partial charge in [0, 0.05) is 23.2 Å². The summed E-state index contributed by atoms with van der Waals surface area (Å²) in [7, 11) is 0. The van der Waals surface area contributed by atoms with Crippen LogP contribution in [0.2, 0.25) is 5.02 Å². The first kappa shape index (κ1) is 21.6. The van der Waals surface area contributed by atoms with E-state index < -0.39 is 0 Å². The van der Waals surface area contributed by atoms with Crippen LogP contribution in [0.1, 0.15) is 17.1 Å². The number of aromatic nitrogens is 4. The number of para-hydroxylation sites is 1. The molecule has 8 heteroatoms. The summed E-state index contributed by atoms with van der Waals surface area (Å²) >= 11 is 9.43. The molecule has 0 radical (unpaired) electrons. The van der Waals surface area contributed by atoms with Crippen molar-refractivity contribution in [2.75, 3.05) is 0 Å². The molecule has 31 heavy (non-hydrogen) atoms. The highest BCUT2D eigenvalue weighted by Crippen LogP contribution is 2.29. The monoisotopic (exact) mass is 468 g/mol. The molecule has 0 spiro atoms. The lowest BCUT2D eigenvalue weighted by atomic mass is 10.2. The van der Waals surface area contributed by atoms with E-state index in [1.165, 1.54) is 5.56 Å². The summed E-state index contributed by atoms with van der Waals surface area (Å²) in [5.74, 6) is 2.06. The fourth-order valence-corrected chi connectivity index (χ4v) is 4.87. The molecule has 0 amide bonds. The molecule has 5 nitrogen and oxygen atoms in total. The molecular weight excluding hydrogens is 448 g/mol. The Morgan fingerprint density at radius 2 is 1.97 bits per heavy atom. The first-order chi connectivity index (χ1) is 15.1. The zero-order valence-electron chi connectivity index (χ0n) is 17.0. The minimum absolute atomic E-state index is 0.277. The van der Waals surface area contributed by atoms with Crippen LogP contribution in [0, 0.1) is 6.92 Å². The maximum atomic E-state index is 6.17. The van der Waals surface area contributed by atoms with Crippen LogP contribution in [-0.2, 0) is 18.9 Å². The molecule has 2 aromatic carbocycles. The molecule has 2 heterocycles. The number of nitrogens with zero attached hydrogens (tertiary/aromatic N) is 4. The van der Waals surface area contributed by atoms with Crippen LogP contribution in [0.5, 0.6) is 5.75 Å². The van der Waals surface area contributed by atoms with Crippen LogP contribution < -0.4 is 4.74 Å². The maximum absolute atomic E-state index is 6.17. The second-order valence-corrected chi connectivity index (χ2v) is 9.02. The predicted molar refractivity (Wildman–Crippen MR) is 128 cm³/mol. The van der Waals surface area contributed by atoms with Crippen LogP contribution in [0.4, 0.5) is 0 Å². The van der Waals surface area contributed by atoms with Gasteiger partial charge >= 0.3 is 0 Å². The minimum atomic E-state index is 0.277. The number of thiazole rings is 1. The summed E-state index contributed by atoms with van der Waals surface area (Å²) in [6.07, 6.45) is 1.82. The lowest BCUT2D eigenvalue weighted by Crippen LogP contribution is -2.07. The first-order valence-corrected chi connectivity index (χ1v) is 11.9. The van der Waals surface area contributed by atoms with E-state index >= 15 is 0 Å². The molecule has 158 valence electrons. The van der Waals surface area contributed by atoms with Crippen molar-refractivity contribution in [3.8, 4) is 16.3 Å². The van der Waals surface area contributed by atoms with E-state index in [1.807, 2.05) is 28.8 Å². The van der Waals surface area contributed by atoms with E-state index in [2.05, 4.69) is 53.3 Å². The van der Waals surface area contributed by atoms with Crippen molar-refractivity contribution in [3.63, 3.8) is 0 Å². The third kappa shape index (κ3) is 5.36. The quantitative estimate of drug-likeness (QED) is 0.209.